The maximum absolute atomic E-state index is 11.9. The zero-order valence-corrected chi connectivity index (χ0v) is 16.8. The third-order valence-electron chi connectivity index (χ3n) is 4.17. The molecule has 2 N–H and O–H groups in total. The summed E-state index contributed by atoms with van der Waals surface area (Å²) in [7, 11) is 0. The number of carbonyl (C=O) groups excluding carboxylic acids is 2. The number of aromatic nitrogens is 2. The van der Waals surface area contributed by atoms with Crippen LogP contribution in [0.1, 0.15) is 29.9 Å². The lowest BCUT2D eigenvalue weighted by atomic mass is 9.98. The van der Waals surface area contributed by atoms with Gasteiger partial charge in [-0.25, -0.2) is 4.79 Å². The molecular formula is C21H22N4O3S. The maximum atomic E-state index is 11.9. The largest absolute Gasteiger partial charge is 0.416 e. The first-order valence-corrected chi connectivity index (χ1v) is 10.2. The Bertz CT molecular complexity index is 931. The molecule has 0 radical (unpaired) electrons. The van der Waals surface area contributed by atoms with E-state index in [2.05, 4.69) is 39.9 Å². The second-order valence-corrected chi connectivity index (χ2v) is 7.41. The van der Waals surface area contributed by atoms with Gasteiger partial charge in [0.15, 0.2) is 0 Å². The van der Waals surface area contributed by atoms with Crippen LogP contribution >= 0.6 is 11.8 Å². The summed E-state index contributed by atoms with van der Waals surface area (Å²) in [5.41, 5.74) is 2.15. The summed E-state index contributed by atoms with van der Waals surface area (Å²) in [6.07, 6.45) is 0.617. The Kier molecular flexibility index (Phi) is 7.40. The molecule has 8 heteroatoms. The van der Waals surface area contributed by atoms with Gasteiger partial charge in [-0.1, -0.05) is 79.3 Å². The molecule has 0 bridgehead atoms. The lowest BCUT2D eigenvalue weighted by Crippen LogP contribution is -2.39. The zero-order valence-electron chi connectivity index (χ0n) is 16.0. The van der Waals surface area contributed by atoms with Crippen molar-refractivity contribution in [2.45, 2.75) is 31.0 Å². The number of imide groups is 1. The van der Waals surface area contributed by atoms with Gasteiger partial charge >= 0.3 is 6.03 Å². The van der Waals surface area contributed by atoms with Crippen LogP contribution in [0.3, 0.4) is 0 Å². The van der Waals surface area contributed by atoms with Gasteiger partial charge in [-0.3, -0.25) is 10.1 Å². The molecule has 150 valence electrons. The van der Waals surface area contributed by atoms with E-state index in [-0.39, 0.29) is 11.7 Å². The number of urea groups is 1. The highest BCUT2D eigenvalue weighted by Crippen LogP contribution is 2.22. The number of rotatable bonds is 8. The predicted octanol–water partition coefficient (Wildman–Crippen LogP) is 3.53. The molecule has 2 aromatic carbocycles. The van der Waals surface area contributed by atoms with Crippen molar-refractivity contribution >= 4 is 23.7 Å². The average Bonchev–Trinajstić information content (AvgIpc) is 3.19. The lowest BCUT2D eigenvalue weighted by molar-refractivity contribution is -0.117. The molecule has 1 atom stereocenters. The third kappa shape index (κ3) is 6.76. The summed E-state index contributed by atoms with van der Waals surface area (Å²) in [6.45, 7) is 2.44. The highest BCUT2D eigenvalue weighted by atomic mass is 32.2. The fraction of sp³-hybridized carbons (Fsp3) is 0.238. The Morgan fingerprint density at radius 1 is 1.03 bits per heavy atom. The van der Waals surface area contributed by atoms with E-state index in [0.29, 0.717) is 24.1 Å². The predicted molar refractivity (Wildman–Crippen MR) is 110 cm³/mol. The molecular weight excluding hydrogens is 388 g/mol. The lowest BCUT2D eigenvalue weighted by Gasteiger charge is -2.08. The van der Waals surface area contributed by atoms with Gasteiger partial charge in [-0.05, 0) is 17.0 Å². The van der Waals surface area contributed by atoms with Crippen LogP contribution in [0.4, 0.5) is 4.79 Å². The number of nitrogens with one attached hydrogen (secondary N) is 2. The molecule has 0 saturated carbocycles. The summed E-state index contributed by atoms with van der Waals surface area (Å²) in [5, 5.41) is 13.2. The quantitative estimate of drug-likeness (QED) is 0.552. The minimum atomic E-state index is -0.539. The van der Waals surface area contributed by atoms with Crippen molar-refractivity contribution < 1.29 is 14.0 Å². The van der Waals surface area contributed by atoms with Crippen LogP contribution in [0, 0.1) is 0 Å². The van der Waals surface area contributed by atoms with E-state index in [1.807, 2.05) is 48.5 Å². The number of nitrogens with zero attached hydrogens (tertiary/aromatic N) is 2. The van der Waals surface area contributed by atoms with E-state index in [4.69, 9.17) is 4.42 Å². The minimum absolute atomic E-state index is 0.00856. The van der Waals surface area contributed by atoms with Crippen LogP contribution in [-0.4, -0.2) is 27.9 Å². The van der Waals surface area contributed by atoms with Crippen molar-refractivity contribution in [3.05, 3.63) is 77.7 Å². The maximum Gasteiger partial charge on any atom is 0.321 e. The normalized spacial score (nSPS) is 11.6. The SMILES string of the molecule is CC(Cc1nnc(SCC(=O)NC(=O)NCc2ccccc2)o1)c1ccccc1. The molecule has 1 heterocycles. The molecule has 3 rings (SSSR count). The Balaban J connectivity index is 1.39. The number of thioether (sulfide) groups is 1. The first-order chi connectivity index (χ1) is 14.1. The molecule has 3 aromatic rings. The van der Waals surface area contributed by atoms with E-state index in [0.717, 1.165) is 17.3 Å². The van der Waals surface area contributed by atoms with Crippen LogP contribution in [0.2, 0.25) is 0 Å². The summed E-state index contributed by atoms with van der Waals surface area (Å²) < 4.78 is 5.60. The molecule has 0 fully saturated rings. The van der Waals surface area contributed by atoms with Gasteiger partial charge in [0.2, 0.25) is 11.8 Å². The summed E-state index contributed by atoms with van der Waals surface area (Å²) in [5.74, 6) is 0.336. The topological polar surface area (TPSA) is 97.1 Å². The third-order valence-corrected chi connectivity index (χ3v) is 4.99. The molecule has 1 aromatic heterocycles. The Hall–Kier alpha value is -3.13. The van der Waals surface area contributed by atoms with Crippen molar-refractivity contribution in [1.29, 1.82) is 0 Å². The molecule has 0 saturated heterocycles. The van der Waals surface area contributed by atoms with E-state index < -0.39 is 11.9 Å². The standard InChI is InChI=1S/C21H22N4O3S/c1-15(17-10-6-3-7-11-17)12-19-24-25-21(28-19)29-14-18(26)23-20(27)22-13-16-8-4-2-5-9-16/h2-11,15H,12-14H2,1H3,(H2,22,23,26,27). The Labute approximate surface area is 173 Å². The van der Waals surface area contributed by atoms with Crippen molar-refractivity contribution in [2.75, 3.05) is 5.75 Å². The first kappa shape index (κ1) is 20.6. The number of amides is 3. The highest BCUT2D eigenvalue weighted by molar-refractivity contribution is 7.99. The molecule has 3 amide bonds. The Morgan fingerprint density at radius 2 is 1.72 bits per heavy atom. The zero-order chi connectivity index (χ0) is 20.5. The fourth-order valence-corrected chi connectivity index (χ4v) is 3.23. The van der Waals surface area contributed by atoms with E-state index in [9.17, 15) is 9.59 Å². The highest BCUT2D eigenvalue weighted by Gasteiger charge is 2.14. The second-order valence-electron chi connectivity index (χ2n) is 6.48. The number of hydrogen-bond donors (Lipinski definition) is 2. The van der Waals surface area contributed by atoms with Gasteiger partial charge < -0.3 is 9.73 Å². The van der Waals surface area contributed by atoms with Crippen LogP contribution in [0.25, 0.3) is 0 Å². The van der Waals surface area contributed by atoms with Crippen LogP contribution in [0.15, 0.2) is 70.3 Å². The summed E-state index contributed by atoms with van der Waals surface area (Å²) in [6, 6.07) is 19.0. The first-order valence-electron chi connectivity index (χ1n) is 9.22. The molecule has 0 aliphatic rings. The number of hydrogen-bond acceptors (Lipinski definition) is 6. The molecule has 7 nitrogen and oxygen atoms in total. The van der Waals surface area contributed by atoms with Crippen LogP contribution in [0.5, 0.6) is 0 Å². The monoisotopic (exact) mass is 410 g/mol. The molecule has 1 unspecified atom stereocenters. The molecule has 29 heavy (non-hydrogen) atoms. The summed E-state index contributed by atoms with van der Waals surface area (Å²) >= 11 is 1.10. The van der Waals surface area contributed by atoms with Gasteiger partial charge in [-0.15, -0.1) is 10.2 Å². The van der Waals surface area contributed by atoms with E-state index >= 15 is 0 Å². The molecule has 0 aliphatic carbocycles. The van der Waals surface area contributed by atoms with Gasteiger partial charge in [0, 0.05) is 13.0 Å². The van der Waals surface area contributed by atoms with Crippen LogP contribution < -0.4 is 10.6 Å². The van der Waals surface area contributed by atoms with Crippen molar-refractivity contribution in [3.8, 4) is 0 Å². The average molecular weight is 410 g/mol. The fourth-order valence-electron chi connectivity index (χ4n) is 2.65. The number of benzene rings is 2. The van der Waals surface area contributed by atoms with E-state index in [1.54, 1.807) is 0 Å². The molecule has 0 spiro atoms. The number of carbonyl (C=O) groups is 2. The smallest absolute Gasteiger partial charge is 0.321 e. The Morgan fingerprint density at radius 3 is 2.45 bits per heavy atom. The van der Waals surface area contributed by atoms with Crippen molar-refractivity contribution in [2.24, 2.45) is 0 Å². The van der Waals surface area contributed by atoms with Gasteiger partial charge in [0.25, 0.3) is 5.22 Å². The van der Waals surface area contributed by atoms with Gasteiger partial charge in [-0.2, -0.15) is 0 Å². The van der Waals surface area contributed by atoms with Gasteiger partial charge in [0.05, 0.1) is 5.75 Å². The summed E-state index contributed by atoms with van der Waals surface area (Å²) in [4.78, 5) is 23.7. The van der Waals surface area contributed by atoms with Gasteiger partial charge in [0.1, 0.15) is 0 Å². The van der Waals surface area contributed by atoms with Crippen LogP contribution in [-0.2, 0) is 17.8 Å². The van der Waals surface area contributed by atoms with Crippen molar-refractivity contribution in [3.63, 3.8) is 0 Å². The van der Waals surface area contributed by atoms with Crippen molar-refractivity contribution in [1.82, 2.24) is 20.8 Å². The second kappa shape index (κ2) is 10.4. The minimum Gasteiger partial charge on any atom is -0.416 e. The van der Waals surface area contributed by atoms with E-state index in [1.165, 1.54) is 5.56 Å². The molecule has 0 aliphatic heterocycles.